The Morgan fingerprint density at radius 2 is 2.03 bits per heavy atom. The third-order valence-electron chi connectivity index (χ3n) is 5.32. The number of hydrogen-bond acceptors (Lipinski definition) is 5. The van der Waals surface area contributed by atoms with Gasteiger partial charge in [0.1, 0.15) is 5.82 Å². The molecule has 2 aromatic rings. The third-order valence-corrected chi connectivity index (χ3v) is 5.32. The number of fused-ring (bicyclic) bond motifs is 1. The van der Waals surface area contributed by atoms with Gasteiger partial charge in [-0.05, 0) is 55.0 Å². The number of amides is 1. The van der Waals surface area contributed by atoms with E-state index in [4.69, 9.17) is 9.84 Å². The van der Waals surface area contributed by atoms with Gasteiger partial charge in [-0.2, -0.15) is 4.98 Å². The first kappa shape index (κ1) is 19.7. The lowest BCUT2D eigenvalue weighted by molar-refractivity contribution is -0.120. The van der Waals surface area contributed by atoms with Gasteiger partial charge in [-0.25, -0.2) is 13.6 Å². The third kappa shape index (κ3) is 3.92. The molecule has 29 heavy (non-hydrogen) atoms. The van der Waals surface area contributed by atoms with Crippen LogP contribution in [0.2, 0.25) is 0 Å². The number of benzene rings is 1. The molecule has 1 fully saturated rings. The van der Waals surface area contributed by atoms with Crippen molar-refractivity contribution in [1.29, 1.82) is 0 Å². The molecule has 154 valence electrons. The summed E-state index contributed by atoms with van der Waals surface area (Å²) in [4.78, 5) is 28.4. The van der Waals surface area contributed by atoms with Gasteiger partial charge in [-0.1, -0.05) is 6.07 Å². The maximum atomic E-state index is 14.1. The maximum Gasteiger partial charge on any atom is 0.351 e. The van der Waals surface area contributed by atoms with Crippen LogP contribution in [-0.4, -0.2) is 39.2 Å². The summed E-state index contributed by atoms with van der Waals surface area (Å²) in [5, 5.41) is 11.6. The maximum absolute atomic E-state index is 14.1. The minimum Gasteiger partial charge on any atom is -0.394 e. The number of aliphatic hydroxyl groups excluding tert-OH is 1. The summed E-state index contributed by atoms with van der Waals surface area (Å²) >= 11 is 0. The summed E-state index contributed by atoms with van der Waals surface area (Å²) in [5.41, 5.74) is 1.86. The van der Waals surface area contributed by atoms with Crippen molar-refractivity contribution in [2.24, 2.45) is 0 Å². The molecule has 2 atom stereocenters. The van der Waals surface area contributed by atoms with Crippen LogP contribution in [0.15, 0.2) is 35.3 Å². The average molecular weight is 405 g/mol. The van der Waals surface area contributed by atoms with E-state index in [1.165, 1.54) is 11.6 Å². The summed E-state index contributed by atoms with van der Waals surface area (Å²) in [5.74, 6) is -3.77. The number of aliphatic hydroxyl groups is 1. The molecule has 1 saturated heterocycles. The highest BCUT2D eigenvalue weighted by Gasteiger charge is 2.51. The zero-order valence-electron chi connectivity index (χ0n) is 15.6. The molecule has 1 aromatic carbocycles. The van der Waals surface area contributed by atoms with E-state index in [1.54, 1.807) is 6.07 Å². The Balaban J connectivity index is 1.51. The molecule has 4 rings (SSSR count). The molecule has 0 radical (unpaired) electrons. The van der Waals surface area contributed by atoms with Gasteiger partial charge in [0, 0.05) is 18.2 Å². The van der Waals surface area contributed by atoms with Gasteiger partial charge in [0.05, 0.1) is 12.7 Å². The van der Waals surface area contributed by atoms with E-state index in [-0.39, 0.29) is 5.82 Å². The van der Waals surface area contributed by atoms with Crippen LogP contribution in [0.1, 0.15) is 47.0 Å². The van der Waals surface area contributed by atoms with Gasteiger partial charge < -0.3 is 15.2 Å². The molecule has 2 unspecified atom stereocenters. The summed E-state index contributed by atoms with van der Waals surface area (Å²) in [6.07, 6.45) is 1.69. The molecular formula is C20H21F2N3O4. The first-order chi connectivity index (χ1) is 13.9. The number of aromatic nitrogens is 2. The van der Waals surface area contributed by atoms with Gasteiger partial charge in [-0.3, -0.25) is 9.36 Å². The van der Waals surface area contributed by atoms with E-state index in [2.05, 4.69) is 10.3 Å². The molecule has 0 bridgehead atoms. The number of nitrogens with zero attached hydrogens (tertiary/aromatic N) is 2. The molecule has 2 N–H and O–H groups in total. The second-order valence-electron chi connectivity index (χ2n) is 7.41. The van der Waals surface area contributed by atoms with E-state index in [0.717, 1.165) is 37.4 Å². The number of rotatable bonds is 4. The number of alkyl halides is 2. The Morgan fingerprint density at radius 1 is 1.28 bits per heavy atom. The fourth-order valence-corrected chi connectivity index (χ4v) is 3.83. The second kappa shape index (κ2) is 7.64. The molecule has 1 aliphatic carbocycles. The lowest BCUT2D eigenvalue weighted by Gasteiger charge is -2.20. The second-order valence-corrected chi connectivity index (χ2v) is 7.41. The smallest absolute Gasteiger partial charge is 0.351 e. The number of carbonyl (C=O) groups is 1. The minimum absolute atomic E-state index is 0.0333. The Kier molecular flexibility index (Phi) is 5.18. The van der Waals surface area contributed by atoms with E-state index < -0.39 is 42.9 Å². The van der Waals surface area contributed by atoms with Crippen molar-refractivity contribution in [2.75, 3.05) is 11.9 Å². The zero-order valence-corrected chi connectivity index (χ0v) is 15.6. The topological polar surface area (TPSA) is 93.5 Å². The van der Waals surface area contributed by atoms with Crippen molar-refractivity contribution >= 4 is 11.7 Å². The monoisotopic (exact) mass is 405 g/mol. The van der Waals surface area contributed by atoms with E-state index in [9.17, 15) is 18.4 Å². The van der Waals surface area contributed by atoms with Crippen LogP contribution in [0.5, 0.6) is 0 Å². The lowest BCUT2D eigenvalue weighted by atomic mass is 9.90. The number of ether oxygens (including phenoxy) is 1. The standard InChI is InChI=1S/C20H21F2N3O4/c21-20(22)10-15(11-26)29-18(20)25-8-7-16(24-19(25)28)23-17(27)14-6-5-12-3-1-2-4-13(12)9-14/h5-9,15,18,26H,1-4,10-11H2,(H,23,24,27,28). The van der Waals surface area contributed by atoms with Crippen LogP contribution in [0, 0.1) is 0 Å². The Bertz CT molecular complexity index is 992. The van der Waals surface area contributed by atoms with Crippen molar-refractivity contribution in [3.05, 3.63) is 57.6 Å². The SMILES string of the molecule is O=C(Nc1ccn(C2OC(CO)CC2(F)F)c(=O)n1)c1ccc2c(c1)CCCC2. The van der Waals surface area contributed by atoms with E-state index in [1.807, 2.05) is 12.1 Å². The van der Waals surface area contributed by atoms with Crippen LogP contribution in [0.25, 0.3) is 0 Å². The number of carbonyl (C=O) groups excluding carboxylic acids is 1. The van der Waals surface area contributed by atoms with E-state index >= 15 is 0 Å². The molecule has 2 aliphatic rings. The van der Waals surface area contributed by atoms with Crippen LogP contribution in [-0.2, 0) is 17.6 Å². The predicted octanol–water partition coefficient (Wildman–Crippen LogP) is 2.29. The first-order valence-corrected chi connectivity index (χ1v) is 9.54. The van der Waals surface area contributed by atoms with Crippen molar-refractivity contribution in [3.63, 3.8) is 0 Å². The van der Waals surface area contributed by atoms with Gasteiger partial charge in [0.15, 0.2) is 0 Å². The highest BCUT2D eigenvalue weighted by atomic mass is 19.3. The van der Waals surface area contributed by atoms with Crippen molar-refractivity contribution < 1.29 is 23.4 Å². The first-order valence-electron chi connectivity index (χ1n) is 9.54. The number of nitrogens with one attached hydrogen (secondary N) is 1. The summed E-state index contributed by atoms with van der Waals surface area (Å²) in [6.45, 7) is -0.566. The van der Waals surface area contributed by atoms with Crippen molar-refractivity contribution in [2.45, 2.75) is 50.4 Å². The Labute approximate surface area is 165 Å². The van der Waals surface area contributed by atoms with Crippen molar-refractivity contribution in [3.8, 4) is 0 Å². The molecular weight excluding hydrogens is 384 g/mol. The quantitative estimate of drug-likeness (QED) is 0.814. The van der Waals surface area contributed by atoms with Crippen molar-refractivity contribution in [1.82, 2.24) is 9.55 Å². The fraction of sp³-hybridized carbons (Fsp3) is 0.450. The number of hydrogen-bond donors (Lipinski definition) is 2. The molecule has 2 heterocycles. The predicted molar refractivity (Wildman–Crippen MR) is 100 cm³/mol. The highest BCUT2D eigenvalue weighted by molar-refractivity contribution is 6.03. The summed E-state index contributed by atoms with van der Waals surface area (Å²) < 4.78 is 33.9. The number of halogens is 2. The normalized spacial score (nSPS) is 22.9. The zero-order chi connectivity index (χ0) is 20.6. The largest absolute Gasteiger partial charge is 0.394 e. The molecule has 7 nitrogen and oxygen atoms in total. The van der Waals surface area contributed by atoms with Crippen LogP contribution in [0.3, 0.4) is 0 Å². The van der Waals surface area contributed by atoms with Crippen LogP contribution >= 0.6 is 0 Å². The highest BCUT2D eigenvalue weighted by Crippen LogP contribution is 2.41. The molecule has 1 amide bonds. The number of aryl methyl sites for hydroxylation is 2. The molecule has 9 heteroatoms. The van der Waals surface area contributed by atoms with Crippen LogP contribution in [0.4, 0.5) is 14.6 Å². The Hall–Kier alpha value is -2.65. The van der Waals surface area contributed by atoms with Gasteiger partial charge in [-0.15, -0.1) is 0 Å². The Morgan fingerprint density at radius 3 is 2.72 bits per heavy atom. The van der Waals surface area contributed by atoms with Crippen LogP contribution < -0.4 is 11.0 Å². The number of anilines is 1. The van der Waals surface area contributed by atoms with Gasteiger partial charge >= 0.3 is 5.69 Å². The average Bonchev–Trinajstić information content (AvgIpc) is 3.02. The summed E-state index contributed by atoms with van der Waals surface area (Å²) in [6, 6.07) is 6.77. The van der Waals surface area contributed by atoms with E-state index in [0.29, 0.717) is 10.1 Å². The van der Waals surface area contributed by atoms with Gasteiger partial charge in [0.2, 0.25) is 6.23 Å². The summed E-state index contributed by atoms with van der Waals surface area (Å²) in [7, 11) is 0. The minimum atomic E-state index is -3.31. The lowest BCUT2D eigenvalue weighted by Crippen LogP contribution is -2.35. The molecule has 0 spiro atoms. The fourth-order valence-electron chi connectivity index (χ4n) is 3.83. The molecule has 0 saturated carbocycles. The van der Waals surface area contributed by atoms with Gasteiger partial charge in [0.25, 0.3) is 11.8 Å². The molecule has 1 aliphatic heterocycles. The molecule has 1 aromatic heterocycles.